The highest BCUT2D eigenvalue weighted by atomic mass is 15.2. The van der Waals surface area contributed by atoms with Gasteiger partial charge in [0.05, 0.1) is 0 Å². The summed E-state index contributed by atoms with van der Waals surface area (Å²) >= 11 is 0. The van der Waals surface area contributed by atoms with Gasteiger partial charge in [0.25, 0.3) is 0 Å². The second kappa shape index (κ2) is 5.80. The molecule has 0 radical (unpaired) electrons. The molecule has 3 unspecified atom stereocenters. The molecule has 3 rings (SSSR count). The number of likely N-dealkylation sites (N-methyl/N-ethyl adjacent to an activating group) is 2. The van der Waals surface area contributed by atoms with E-state index < -0.39 is 0 Å². The lowest BCUT2D eigenvalue weighted by molar-refractivity contribution is 0.181. The number of aromatic nitrogens is 1. The minimum Gasteiger partial charge on any atom is -0.326 e. The molecule has 0 bridgehead atoms. The summed E-state index contributed by atoms with van der Waals surface area (Å²) < 4.78 is 0. The van der Waals surface area contributed by atoms with Crippen LogP contribution in [0.15, 0.2) is 18.3 Å². The van der Waals surface area contributed by atoms with Crippen LogP contribution in [0.2, 0.25) is 0 Å². The fraction of sp³-hybridized carbons (Fsp3) is 0.688. The summed E-state index contributed by atoms with van der Waals surface area (Å²) in [6, 6.07) is 4.85. The van der Waals surface area contributed by atoms with E-state index in [1.54, 1.807) is 0 Å². The molecule has 110 valence electrons. The van der Waals surface area contributed by atoms with Crippen LogP contribution in [0.5, 0.6) is 0 Å². The van der Waals surface area contributed by atoms with Gasteiger partial charge in [0.2, 0.25) is 0 Å². The zero-order valence-electron chi connectivity index (χ0n) is 12.6. The van der Waals surface area contributed by atoms with Crippen molar-refractivity contribution in [3.8, 4) is 0 Å². The Kier molecular flexibility index (Phi) is 4.06. The summed E-state index contributed by atoms with van der Waals surface area (Å²) in [7, 11) is 4.43. The topological polar surface area (TPSA) is 45.4 Å². The highest BCUT2D eigenvalue weighted by Gasteiger charge is 2.36. The second-order valence-corrected chi connectivity index (χ2v) is 6.43. The van der Waals surface area contributed by atoms with E-state index in [0.717, 1.165) is 25.9 Å². The van der Waals surface area contributed by atoms with Crippen molar-refractivity contribution in [2.45, 2.75) is 37.3 Å². The fourth-order valence-electron chi connectivity index (χ4n) is 3.81. The summed E-state index contributed by atoms with van der Waals surface area (Å²) in [5.41, 5.74) is 9.33. The molecule has 2 aliphatic rings. The normalized spacial score (nSPS) is 29.9. The fourth-order valence-corrected chi connectivity index (χ4v) is 3.81. The molecule has 3 atom stereocenters. The first kappa shape index (κ1) is 14.0. The third-order valence-corrected chi connectivity index (χ3v) is 5.03. The first-order chi connectivity index (χ1) is 9.66. The van der Waals surface area contributed by atoms with Gasteiger partial charge in [-0.25, -0.2) is 0 Å². The molecule has 2 N–H and O–H groups in total. The van der Waals surface area contributed by atoms with Crippen LogP contribution < -0.4 is 5.73 Å². The molecular weight excluding hydrogens is 248 g/mol. The van der Waals surface area contributed by atoms with Crippen LogP contribution in [0.25, 0.3) is 0 Å². The lowest BCUT2D eigenvalue weighted by Gasteiger charge is -2.35. The predicted octanol–water partition coefficient (Wildman–Crippen LogP) is 1.07. The molecule has 1 saturated heterocycles. The van der Waals surface area contributed by atoms with Crippen LogP contribution >= 0.6 is 0 Å². The van der Waals surface area contributed by atoms with E-state index in [4.69, 9.17) is 5.73 Å². The highest BCUT2D eigenvalue weighted by Crippen LogP contribution is 2.35. The van der Waals surface area contributed by atoms with E-state index in [9.17, 15) is 0 Å². The van der Waals surface area contributed by atoms with Crippen molar-refractivity contribution in [2.24, 2.45) is 5.73 Å². The number of rotatable bonds is 2. The first-order valence-corrected chi connectivity index (χ1v) is 7.75. The third kappa shape index (κ3) is 2.60. The SMILES string of the molecule is CN1CCCN(C)C(C(N)C2CCc3cccnc32)C1. The Labute approximate surface area is 122 Å². The summed E-state index contributed by atoms with van der Waals surface area (Å²) in [6.07, 6.45) is 5.43. The Morgan fingerprint density at radius 1 is 1.35 bits per heavy atom. The lowest BCUT2D eigenvalue weighted by Crippen LogP contribution is -2.52. The van der Waals surface area contributed by atoms with Crippen molar-refractivity contribution in [3.05, 3.63) is 29.6 Å². The van der Waals surface area contributed by atoms with Gasteiger partial charge in [-0.15, -0.1) is 0 Å². The molecule has 1 fully saturated rings. The first-order valence-electron chi connectivity index (χ1n) is 7.75. The standard InChI is InChI=1S/C16H26N4/c1-19-9-4-10-20(2)14(11-19)15(17)13-7-6-12-5-3-8-18-16(12)13/h3,5,8,13-15H,4,6-7,9-11,17H2,1-2H3. The van der Waals surface area contributed by atoms with Gasteiger partial charge in [0, 0.05) is 36.4 Å². The molecule has 0 aromatic carbocycles. The lowest BCUT2D eigenvalue weighted by atomic mass is 9.90. The van der Waals surface area contributed by atoms with Gasteiger partial charge in [-0.1, -0.05) is 6.07 Å². The number of nitrogens with two attached hydrogens (primary N) is 1. The zero-order valence-corrected chi connectivity index (χ0v) is 12.6. The van der Waals surface area contributed by atoms with Gasteiger partial charge < -0.3 is 15.5 Å². The quantitative estimate of drug-likeness (QED) is 0.876. The average molecular weight is 274 g/mol. The molecule has 0 spiro atoms. The molecule has 20 heavy (non-hydrogen) atoms. The monoisotopic (exact) mass is 274 g/mol. The maximum absolute atomic E-state index is 6.68. The van der Waals surface area contributed by atoms with Crippen molar-refractivity contribution < 1.29 is 0 Å². The molecule has 4 nitrogen and oxygen atoms in total. The molecule has 1 aromatic rings. The smallest absolute Gasteiger partial charge is 0.0482 e. The number of hydrogen-bond donors (Lipinski definition) is 1. The molecule has 1 aliphatic heterocycles. The molecule has 1 aliphatic carbocycles. The highest BCUT2D eigenvalue weighted by molar-refractivity contribution is 5.30. The summed E-state index contributed by atoms with van der Waals surface area (Å²) in [4.78, 5) is 9.48. The van der Waals surface area contributed by atoms with Crippen LogP contribution in [0.1, 0.15) is 30.0 Å². The molecular formula is C16H26N4. The van der Waals surface area contributed by atoms with Crippen LogP contribution in [0.4, 0.5) is 0 Å². The van der Waals surface area contributed by atoms with Gasteiger partial charge in [-0.2, -0.15) is 0 Å². The Morgan fingerprint density at radius 2 is 2.20 bits per heavy atom. The van der Waals surface area contributed by atoms with Crippen molar-refractivity contribution in [1.82, 2.24) is 14.8 Å². The molecule has 0 amide bonds. The van der Waals surface area contributed by atoms with E-state index >= 15 is 0 Å². The summed E-state index contributed by atoms with van der Waals surface area (Å²) in [5, 5.41) is 0. The van der Waals surface area contributed by atoms with E-state index in [-0.39, 0.29) is 6.04 Å². The third-order valence-electron chi connectivity index (χ3n) is 5.03. The van der Waals surface area contributed by atoms with Crippen molar-refractivity contribution >= 4 is 0 Å². The van der Waals surface area contributed by atoms with E-state index in [1.807, 2.05) is 12.3 Å². The Hall–Kier alpha value is -0.970. The van der Waals surface area contributed by atoms with Crippen molar-refractivity contribution in [1.29, 1.82) is 0 Å². The Bertz CT molecular complexity index is 462. The maximum Gasteiger partial charge on any atom is 0.0482 e. The predicted molar refractivity (Wildman–Crippen MR) is 81.8 cm³/mol. The Morgan fingerprint density at radius 3 is 3.05 bits per heavy atom. The van der Waals surface area contributed by atoms with Crippen LogP contribution in [0, 0.1) is 0 Å². The Balaban J connectivity index is 1.80. The van der Waals surface area contributed by atoms with Crippen LogP contribution in [0.3, 0.4) is 0 Å². The number of hydrogen-bond acceptors (Lipinski definition) is 4. The molecule has 4 heteroatoms. The van der Waals surface area contributed by atoms with Gasteiger partial charge in [0.1, 0.15) is 0 Å². The molecule has 1 aromatic heterocycles. The number of nitrogens with zero attached hydrogens (tertiary/aromatic N) is 3. The van der Waals surface area contributed by atoms with Gasteiger partial charge in [-0.05, 0) is 58.1 Å². The number of fused-ring (bicyclic) bond motifs is 1. The van der Waals surface area contributed by atoms with Gasteiger partial charge in [0.15, 0.2) is 0 Å². The van der Waals surface area contributed by atoms with Gasteiger partial charge in [-0.3, -0.25) is 4.98 Å². The number of pyridine rings is 1. The summed E-state index contributed by atoms with van der Waals surface area (Å²) in [5.74, 6) is 0.421. The van der Waals surface area contributed by atoms with E-state index in [2.05, 4.69) is 34.9 Å². The maximum atomic E-state index is 6.68. The van der Waals surface area contributed by atoms with Gasteiger partial charge >= 0.3 is 0 Å². The molecule has 2 heterocycles. The number of aryl methyl sites for hydroxylation is 1. The second-order valence-electron chi connectivity index (χ2n) is 6.43. The zero-order chi connectivity index (χ0) is 14.1. The average Bonchev–Trinajstić information content (AvgIpc) is 2.80. The van der Waals surface area contributed by atoms with Crippen molar-refractivity contribution in [2.75, 3.05) is 33.7 Å². The van der Waals surface area contributed by atoms with E-state index in [1.165, 1.54) is 24.2 Å². The van der Waals surface area contributed by atoms with Crippen LogP contribution in [-0.4, -0.2) is 60.6 Å². The largest absolute Gasteiger partial charge is 0.326 e. The minimum absolute atomic E-state index is 0.178. The minimum atomic E-state index is 0.178. The summed E-state index contributed by atoms with van der Waals surface area (Å²) in [6.45, 7) is 3.38. The van der Waals surface area contributed by atoms with Crippen molar-refractivity contribution in [3.63, 3.8) is 0 Å². The van der Waals surface area contributed by atoms with Crippen LogP contribution in [-0.2, 0) is 6.42 Å². The van der Waals surface area contributed by atoms with E-state index in [0.29, 0.717) is 12.0 Å². The molecule has 0 saturated carbocycles.